The SMILES string of the molecule is Cc1nn(CCC(=O)O)c(C)c1NC(=O)c1ccc2c(c1)CCC2. The number of aromatic nitrogens is 2. The summed E-state index contributed by atoms with van der Waals surface area (Å²) in [4.78, 5) is 23.3. The number of aliphatic carboxylic acids is 1. The molecule has 1 amide bonds. The Morgan fingerprint density at radius 3 is 2.75 bits per heavy atom. The molecule has 0 unspecified atom stereocenters. The average Bonchev–Trinajstić information content (AvgIpc) is 3.11. The molecule has 1 aliphatic rings. The summed E-state index contributed by atoms with van der Waals surface area (Å²) in [5.74, 6) is -1.03. The zero-order chi connectivity index (χ0) is 17.3. The van der Waals surface area contributed by atoms with E-state index in [-0.39, 0.29) is 18.9 Å². The lowest BCUT2D eigenvalue weighted by Gasteiger charge is -2.08. The predicted octanol–water partition coefficient (Wildman–Crippen LogP) is 2.72. The summed E-state index contributed by atoms with van der Waals surface area (Å²) in [6.45, 7) is 3.93. The number of nitrogens with one attached hydrogen (secondary N) is 1. The zero-order valence-electron chi connectivity index (χ0n) is 13.9. The van der Waals surface area contributed by atoms with Crippen LogP contribution in [0, 0.1) is 13.8 Å². The van der Waals surface area contributed by atoms with E-state index in [9.17, 15) is 9.59 Å². The van der Waals surface area contributed by atoms with Crippen LogP contribution in [0.3, 0.4) is 0 Å². The molecule has 6 heteroatoms. The Labute approximate surface area is 140 Å². The van der Waals surface area contributed by atoms with E-state index in [1.807, 2.05) is 32.0 Å². The number of aryl methyl sites for hydroxylation is 4. The molecule has 24 heavy (non-hydrogen) atoms. The molecule has 3 rings (SSSR count). The van der Waals surface area contributed by atoms with Crippen molar-refractivity contribution in [1.82, 2.24) is 9.78 Å². The number of benzene rings is 1. The summed E-state index contributed by atoms with van der Waals surface area (Å²) in [6.07, 6.45) is 3.27. The molecule has 0 bridgehead atoms. The Kier molecular flexibility index (Phi) is 4.38. The molecule has 126 valence electrons. The van der Waals surface area contributed by atoms with Crippen molar-refractivity contribution in [1.29, 1.82) is 0 Å². The van der Waals surface area contributed by atoms with Gasteiger partial charge in [0.05, 0.1) is 30.0 Å². The molecule has 2 aromatic rings. The van der Waals surface area contributed by atoms with E-state index >= 15 is 0 Å². The van der Waals surface area contributed by atoms with Crippen LogP contribution in [-0.4, -0.2) is 26.8 Å². The number of hydrogen-bond donors (Lipinski definition) is 2. The van der Waals surface area contributed by atoms with Gasteiger partial charge in [0, 0.05) is 5.56 Å². The van der Waals surface area contributed by atoms with Crippen LogP contribution in [0.4, 0.5) is 5.69 Å². The van der Waals surface area contributed by atoms with Crippen LogP contribution >= 0.6 is 0 Å². The number of carboxylic acid groups (broad SMARTS) is 1. The van der Waals surface area contributed by atoms with Gasteiger partial charge in [0.1, 0.15) is 0 Å². The fourth-order valence-corrected chi connectivity index (χ4v) is 3.20. The number of rotatable bonds is 5. The van der Waals surface area contributed by atoms with Crippen molar-refractivity contribution < 1.29 is 14.7 Å². The van der Waals surface area contributed by atoms with Gasteiger partial charge in [-0.25, -0.2) is 0 Å². The molecule has 6 nitrogen and oxygen atoms in total. The Morgan fingerprint density at radius 2 is 2.00 bits per heavy atom. The van der Waals surface area contributed by atoms with Gasteiger partial charge in [-0.15, -0.1) is 0 Å². The molecule has 0 saturated heterocycles. The smallest absolute Gasteiger partial charge is 0.305 e. The second kappa shape index (κ2) is 6.47. The molecule has 1 aromatic carbocycles. The van der Waals surface area contributed by atoms with Gasteiger partial charge < -0.3 is 10.4 Å². The first-order valence-corrected chi connectivity index (χ1v) is 8.14. The van der Waals surface area contributed by atoms with E-state index in [0.29, 0.717) is 16.9 Å². The lowest BCUT2D eigenvalue weighted by atomic mass is 10.1. The molecular formula is C18H21N3O3. The highest BCUT2D eigenvalue weighted by Gasteiger charge is 2.18. The number of anilines is 1. The van der Waals surface area contributed by atoms with E-state index in [4.69, 9.17) is 5.11 Å². The van der Waals surface area contributed by atoms with Crippen molar-refractivity contribution >= 4 is 17.6 Å². The van der Waals surface area contributed by atoms with Gasteiger partial charge in [-0.1, -0.05) is 6.07 Å². The summed E-state index contributed by atoms with van der Waals surface area (Å²) < 4.78 is 1.63. The predicted molar refractivity (Wildman–Crippen MR) is 90.4 cm³/mol. The second-order valence-electron chi connectivity index (χ2n) is 6.20. The summed E-state index contributed by atoms with van der Waals surface area (Å²) in [5, 5.41) is 16.1. The normalized spacial score (nSPS) is 12.9. The number of nitrogens with zero attached hydrogens (tertiary/aromatic N) is 2. The van der Waals surface area contributed by atoms with Crippen LogP contribution in [-0.2, 0) is 24.2 Å². The number of carboxylic acids is 1. The quantitative estimate of drug-likeness (QED) is 0.884. The molecule has 0 radical (unpaired) electrons. The lowest BCUT2D eigenvalue weighted by Crippen LogP contribution is -2.14. The lowest BCUT2D eigenvalue weighted by molar-refractivity contribution is -0.137. The van der Waals surface area contributed by atoms with Crippen LogP contribution in [0.2, 0.25) is 0 Å². The standard InChI is InChI=1S/C18H21N3O3/c1-11-17(12(2)21(20-11)9-8-16(22)23)19-18(24)15-7-6-13-4-3-5-14(13)10-15/h6-7,10H,3-5,8-9H2,1-2H3,(H,19,24)(H,22,23). The molecule has 1 aromatic heterocycles. The fourth-order valence-electron chi connectivity index (χ4n) is 3.20. The highest BCUT2D eigenvalue weighted by Crippen LogP contribution is 2.24. The average molecular weight is 327 g/mol. The Morgan fingerprint density at radius 1 is 1.25 bits per heavy atom. The van der Waals surface area contributed by atoms with Crippen LogP contribution in [0.15, 0.2) is 18.2 Å². The number of carbonyl (C=O) groups excluding carboxylic acids is 1. The maximum Gasteiger partial charge on any atom is 0.305 e. The third kappa shape index (κ3) is 3.18. The van der Waals surface area contributed by atoms with Crippen molar-refractivity contribution in [2.24, 2.45) is 0 Å². The molecule has 0 saturated carbocycles. The van der Waals surface area contributed by atoms with Crippen molar-refractivity contribution in [2.45, 2.75) is 46.1 Å². The van der Waals surface area contributed by atoms with E-state index in [1.165, 1.54) is 11.1 Å². The number of fused-ring (bicyclic) bond motifs is 1. The maximum absolute atomic E-state index is 12.6. The molecule has 1 aliphatic carbocycles. The van der Waals surface area contributed by atoms with Crippen molar-refractivity contribution in [3.8, 4) is 0 Å². The van der Waals surface area contributed by atoms with Gasteiger partial charge in [-0.05, 0) is 56.4 Å². The van der Waals surface area contributed by atoms with E-state index in [1.54, 1.807) is 4.68 Å². The fraction of sp³-hybridized carbons (Fsp3) is 0.389. The minimum atomic E-state index is -0.869. The third-order valence-electron chi connectivity index (χ3n) is 4.52. The highest BCUT2D eigenvalue weighted by atomic mass is 16.4. The molecule has 0 aliphatic heterocycles. The minimum Gasteiger partial charge on any atom is -0.481 e. The number of amides is 1. The summed E-state index contributed by atoms with van der Waals surface area (Å²) in [7, 11) is 0. The van der Waals surface area contributed by atoms with Crippen LogP contribution in [0.1, 0.15) is 45.7 Å². The van der Waals surface area contributed by atoms with Crippen LogP contribution in [0.25, 0.3) is 0 Å². The monoisotopic (exact) mass is 327 g/mol. The molecule has 0 fully saturated rings. The zero-order valence-corrected chi connectivity index (χ0v) is 13.9. The van der Waals surface area contributed by atoms with Gasteiger partial charge in [-0.3, -0.25) is 14.3 Å². The van der Waals surface area contributed by atoms with Crippen molar-refractivity contribution in [2.75, 3.05) is 5.32 Å². The minimum absolute atomic E-state index is 0.000167. The summed E-state index contributed by atoms with van der Waals surface area (Å²) in [6, 6.07) is 5.86. The van der Waals surface area contributed by atoms with E-state index in [2.05, 4.69) is 10.4 Å². The maximum atomic E-state index is 12.6. The van der Waals surface area contributed by atoms with Gasteiger partial charge in [0.15, 0.2) is 0 Å². The van der Waals surface area contributed by atoms with Gasteiger partial charge in [0.2, 0.25) is 0 Å². The van der Waals surface area contributed by atoms with Gasteiger partial charge in [-0.2, -0.15) is 5.10 Å². The summed E-state index contributed by atoms with van der Waals surface area (Å²) in [5.41, 5.74) is 5.35. The topological polar surface area (TPSA) is 84.2 Å². The van der Waals surface area contributed by atoms with Crippen molar-refractivity contribution in [3.05, 3.63) is 46.3 Å². The molecule has 0 spiro atoms. The van der Waals surface area contributed by atoms with Gasteiger partial charge >= 0.3 is 5.97 Å². The van der Waals surface area contributed by atoms with Crippen molar-refractivity contribution in [3.63, 3.8) is 0 Å². The number of carbonyl (C=O) groups is 2. The first-order chi connectivity index (χ1) is 11.5. The highest BCUT2D eigenvalue weighted by molar-refractivity contribution is 6.05. The first kappa shape index (κ1) is 16.2. The Balaban J connectivity index is 1.78. The first-order valence-electron chi connectivity index (χ1n) is 8.14. The molecule has 1 heterocycles. The number of hydrogen-bond acceptors (Lipinski definition) is 3. The third-order valence-corrected chi connectivity index (χ3v) is 4.52. The van der Waals surface area contributed by atoms with Crippen LogP contribution < -0.4 is 5.32 Å². The molecule has 0 atom stereocenters. The molecular weight excluding hydrogens is 306 g/mol. The van der Waals surface area contributed by atoms with Gasteiger partial charge in [0.25, 0.3) is 5.91 Å². The Hall–Kier alpha value is -2.63. The second-order valence-corrected chi connectivity index (χ2v) is 6.20. The summed E-state index contributed by atoms with van der Waals surface area (Å²) >= 11 is 0. The van der Waals surface area contributed by atoms with E-state index in [0.717, 1.165) is 25.0 Å². The largest absolute Gasteiger partial charge is 0.481 e. The van der Waals surface area contributed by atoms with E-state index < -0.39 is 5.97 Å². The Bertz CT molecular complexity index is 808. The molecule has 2 N–H and O–H groups in total. The van der Waals surface area contributed by atoms with Crippen LogP contribution in [0.5, 0.6) is 0 Å².